The summed E-state index contributed by atoms with van der Waals surface area (Å²) in [6.45, 7) is 2.42. The van der Waals surface area contributed by atoms with Gasteiger partial charge in [-0.1, -0.05) is 24.3 Å². The van der Waals surface area contributed by atoms with E-state index >= 15 is 0 Å². The van der Waals surface area contributed by atoms with Crippen LogP contribution in [0.4, 0.5) is 18.9 Å². The summed E-state index contributed by atoms with van der Waals surface area (Å²) >= 11 is 0. The lowest BCUT2D eigenvalue weighted by Crippen LogP contribution is -2.47. The van der Waals surface area contributed by atoms with Crippen LogP contribution in [-0.2, 0) is 15.5 Å². The lowest BCUT2D eigenvalue weighted by atomic mass is 9.98. The highest BCUT2D eigenvalue weighted by Gasteiger charge is 2.40. The van der Waals surface area contributed by atoms with Crippen molar-refractivity contribution >= 4 is 23.4 Å². The monoisotopic (exact) mass is 487 g/mol. The highest BCUT2D eigenvalue weighted by atomic mass is 19.3. The molecule has 2 atom stereocenters. The molecule has 1 heterocycles. The van der Waals surface area contributed by atoms with E-state index in [-0.39, 0.29) is 28.9 Å². The molecular formula is C26H28F3N3O3. The number of benzene rings is 2. The molecule has 0 unspecified atom stereocenters. The zero-order chi connectivity index (χ0) is 25.3. The topological polar surface area (TPSA) is 78.5 Å². The number of hydrogen-bond donors (Lipinski definition) is 2. The van der Waals surface area contributed by atoms with Gasteiger partial charge in [0.1, 0.15) is 11.9 Å². The normalized spacial score (nSPS) is 18.8. The first-order valence-electron chi connectivity index (χ1n) is 11.7. The number of nitrogens with one attached hydrogen (secondary N) is 2. The number of likely N-dealkylation sites (tertiary alicyclic amines) is 1. The number of rotatable bonds is 7. The van der Waals surface area contributed by atoms with Crippen molar-refractivity contribution in [3.05, 3.63) is 65.0 Å². The molecule has 2 aromatic rings. The van der Waals surface area contributed by atoms with Crippen LogP contribution in [-0.4, -0.2) is 35.2 Å². The van der Waals surface area contributed by atoms with Gasteiger partial charge in [0.15, 0.2) is 0 Å². The predicted molar refractivity (Wildman–Crippen MR) is 124 cm³/mol. The second-order valence-corrected chi connectivity index (χ2v) is 9.33. The molecule has 9 heteroatoms. The molecule has 1 aliphatic heterocycles. The minimum absolute atomic E-state index is 0.00693. The van der Waals surface area contributed by atoms with E-state index in [4.69, 9.17) is 0 Å². The van der Waals surface area contributed by atoms with Crippen LogP contribution in [0.3, 0.4) is 0 Å². The van der Waals surface area contributed by atoms with Crippen LogP contribution >= 0.6 is 0 Å². The number of carbonyl (C=O) groups excluding carboxylic acids is 3. The fraction of sp³-hybridized carbons (Fsp3) is 0.423. The third kappa shape index (κ3) is 5.49. The van der Waals surface area contributed by atoms with E-state index in [1.807, 2.05) is 0 Å². The summed E-state index contributed by atoms with van der Waals surface area (Å²) in [4.78, 5) is 39.6. The van der Waals surface area contributed by atoms with Crippen molar-refractivity contribution in [2.45, 2.75) is 57.5 Å². The summed E-state index contributed by atoms with van der Waals surface area (Å²) in [6, 6.07) is 8.49. The standard InChI is InChI=1S/C26H28F3N3O3/c1-15(33)30-21-7-4-3-6-19(21)25(35)32-13-5-8-22(32)24(34)31-23(16-9-10-16)18-12-11-17(14-20(18)27)26(2,28)29/h3-4,6-7,11-12,14,16,22-23H,5,8-10,13H2,1-2H3,(H,30,33)(H,31,34)/t22-,23-/m1/s1. The molecule has 6 nitrogen and oxygen atoms in total. The third-order valence-corrected chi connectivity index (χ3v) is 6.52. The van der Waals surface area contributed by atoms with Crippen molar-refractivity contribution in [3.8, 4) is 0 Å². The van der Waals surface area contributed by atoms with Crippen molar-refractivity contribution in [3.63, 3.8) is 0 Å². The Morgan fingerprint density at radius 2 is 1.80 bits per heavy atom. The van der Waals surface area contributed by atoms with Crippen molar-refractivity contribution in [2.75, 3.05) is 11.9 Å². The largest absolute Gasteiger partial charge is 0.347 e. The Hall–Kier alpha value is -3.36. The van der Waals surface area contributed by atoms with E-state index in [0.717, 1.165) is 18.9 Å². The second kappa shape index (κ2) is 9.71. The third-order valence-electron chi connectivity index (χ3n) is 6.52. The quantitative estimate of drug-likeness (QED) is 0.591. The number of alkyl halides is 2. The fourth-order valence-corrected chi connectivity index (χ4v) is 4.59. The van der Waals surface area contributed by atoms with E-state index in [9.17, 15) is 27.6 Å². The van der Waals surface area contributed by atoms with E-state index < -0.39 is 35.3 Å². The molecular weight excluding hydrogens is 459 g/mol. The number of hydrogen-bond acceptors (Lipinski definition) is 3. The van der Waals surface area contributed by atoms with Crippen molar-refractivity contribution < 1.29 is 27.6 Å². The maximum Gasteiger partial charge on any atom is 0.270 e. The van der Waals surface area contributed by atoms with Gasteiger partial charge in [-0.05, 0) is 49.8 Å². The summed E-state index contributed by atoms with van der Waals surface area (Å²) < 4.78 is 42.1. The van der Waals surface area contributed by atoms with Crippen LogP contribution < -0.4 is 10.6 Å². The Kier molecular flexibility index (Phi) is 6.87. The van der Waals surface area contributed by atoms with Crippen molar-refractivity contribution in [2.24, 2.45) is 5.92 Å². The molecule has 0 radical (unpaired) electrons. The molecule has 2 fully saturated rings. The molecule has 186 valence electrons. The van der Waals surface area contributed by atoms with Gasteiger partial charge in [0.2, 0.25) is 11.8 Å². The predicted octanol–water partition coefficient (Wildman–Crippen LogP) is 4.77. The number of anilines is 1. The van der Waals surface area contributed by atoms with Crippen LogP contribution in [0, 0.1) is 11.7 Å². The Labute approximate surface area is 201 Å². The van der Waals surface area contributed by atoms with Gasteiger partial charge in [0, 0.05) is 31.5 Å². The van der Waals surface area contributed by atoms with Crippen LogP contribution in [0.5, 0.6) is 0 Å². The zero-order valence-electron chi connectivity index (χ0n) is 19.6. The first kappa shape index (κ1) is 24.8. The molecule has 2 aromatic carbocycles. The summed E-state index contributed by atoms with van der Waals surface area (Å²) in [5.41, 5.74) is 0.385. The average Bonchev–Trinajstić information content (AvgIpc) is 3.51. The van der Waals surface area contributed by atoms with Crippen LogP contribution in [0.2, 0.25) is 0 Å². The maximum absolute atomic E-state index is 14.8. The molecule has 0 aromatic heterocycles. The van der Waals surface area contributed by atoms with Crippen LogP contribution in [0.25, 0.3) is 0 Å². The minimum Gasteiger partial charge on any atom is -0.347 e. The highest BCUT2D eigenvalue weighted by molar-refractivity contribution is 6.05. The van der Waals surface area contributed by atoms with Gasteiger partial charge in [-0.25, -0.2) is 13.2 Å². The van der Waals surface area contributed by atoms with Gasteiger partial charge >= 0.3 is 0 Å². The fourth-order valence-electron chi connectivity index (χ4n) is 4.59. The van der Waals surface area contributed by atoms with Gasteiger partial charge in [0.05, 0.1) is 17.3 Å². The SMILES string of the molecule is CC(=O)Nc1ccccc1C(=O)N1CCC[C@@H]1C(=O)N[C@@H](c1ccc(C(C)(F)F)cc1F)C1CC1. The van der Waals surface area contributed by atoms with Crippen molar-refractivity contribution in [1.82, 2.24) is 10.2 Å². The molecule has 3 amide bonds. The molecule has 0 spiro atoms. The Morgan fingerprint density at radius 3 is 2.43 bits per heavy atom. The lowest BCUT2D eigenvalue weighted by molar-refractivity contribution is -0.125. The highest BCUT2D eigenvalue weighted by Crippen LogP contribution is 2.42. The molecule has 1 aliphatic carbocycles. The van der Waals surface area contributed by atoms with E-state index in [1.54, 1.807) is 24.3 Å². The molecule has 4 rings (SSSR count). The van der Waals surface area contributed by atoms with Gasteiger partial charge in [-0.15, -0.1) is 0 Å². The van der Waals surface area contributed by atoms with Gasteiger partial charge in [-0.3, -0.25) is 14.4 Å². The minimum atomic E-state index is -3.17. The second-order valence-electron chi connectivity index (χ2n) is 9.33. The van der Waals surface area contributed by atoms with Crippen LogP contribution in [0.15, 0.2) is 42.5 Å². The summed E-state index contributed by atoms with van der Waals surface area (Å²) in [7, 11) is 0. The van der Waals surface area contributed by atoms with Gasteiger partial charge in [-0.2, -0.15) is 0 Å². The number of amides is 3. The van der Waals surface area contributed by atoms with E-state index in [1.165, 1.54) is 24.0 Å². The lowest BCUT2D eigenvalue weighted by Gasteiger charge is -2.28. The van der Waals surface area contributed by atoms with Crippen LogP contribution in [0.1, 0.15) is 67.1 Å². The number of carbonyl (C=O) groups is 3. The molecule has 35 heavy (non-hydrogen) atoms. The summed E-state index contributed by atoms with van der Waals surface area (Å²) in [5.74, 6) is -5.06. The molecule has 1 saturated heterocycles. The van der Waals surface area contributed by atoms with E-state index in [0.29, 0.717) is 32.0 Å². The van der Waals surface area contributed by atoms with E-state index in [2.05, 4.69) is 10.6 Å². The molecule has 2 aliphatic rings. The molecule has 2 N–H and O–H groups in total. The summed E-state index contributed by atoms with van der Waals surface area (Å²) in [5, 5.41) is 5.53. The number of halogens is 3. The first-order chi connectivity index (χ1) is 16.6. The van der Waals surface area contributed by atoms with Crippen molar-refractivity contribution in [1.29, 1.82) is 0 Å². The van der Waals surface area contributed by atoms with Gasteiger partial charge < -0.3 is 15.5 Å². The Bertz CT molecular complexity index is 1140. The average molecular weight is 488 g/mol. The number of nitrogens with zero attached hydrogens (tertiary/aromatic N) is 1. The molecule has 1 saturated carbocycles. The summed E-state index contributed by atoms with van der Waals surface area (Å²) in [6.07, 6.45) is 2.64. The zero-order valence-corrected chi connectivity index (χ0v) is 19.6. The van der Waals surface area contributed by atoms with Gasteiger partial charge in [0.25, 0.3) is 11.8 Å². The molecule has 0 bridgehead atoms. The Morgan fingerprint density at radius 1 is 1.09 bits per heavy atom. The first-order valence-corrected chi connectivity index (χ1v) is 11.7. The number of para-hydroxylation sites is 1. The Balaban J connectivity index is 1.54. The smallest absolute Gasteiger partial charge is 0.270 e. The maximum atomic E-state index is 14.8.